The summed E-state index contributed by atoms with van der Waals surface area (Å²) in [5.74, 6) is -0.950. The molecule has 21 heavy (non-hydrogen) atoms. The Labute approximate surface area is 120 Å². The first-order valence-electron chi connectivity index (χ1n) is 6.50. The van der Waals surface area contributed by atoms with Gasteiger partial charge in [-0.05, 0) is 35.9 Å². The van der Waals surface area contributed by atoms with E-state index in [1.165, 1.54) is 6.07 Å². The Morgan fingerprint density at radius 1 is 0.952 bits per heavy atom. The van der Waals surface area contributed by atoms with Crippen LogP contribution in [0.1, 0.15) is 15.9 Å². The van der Waals surface area contributed by atoms with Crippen molar-refractivity contribution >= 4 is 5.78 Å². The fourth-order valence-electron chi connectivity index (χ4n) is 2.15. The summed E-state index contributed by atoms with van der Waals surface area (Å²) in [6.07, 6.45) is -0.00313. The van der Waals surface area contributed by atoms with E-state index in [-0.39, 0.29) is 12.2 Å². The summed E-state index contributed by atoms with van der Waals surface area (Å²) < 4.78 is 36.8. The van der Waals surface area contributed by atoms with Gasteiger partial charge < -0.3 is 9.47 Å². The van der Waals surface area contributed by atoms with Crippen LogP contribution in [0.15, 0.2) is 36.4 Å². The lowest BCUT2D eigenvalue weighted by Crippen LogP contribution is -2.16. The first kappa shape index (κ1) is 13.5. The molecule has 0 N–H and O–H groups in total. The zero-order valence-electron chi connectivity index (χ0n) is 11.1. The van der Waals surface area contributed by atoms with Gasteiger partial charge >= 0.3 is 0 Å². The Morgan fingerprint density at radius 3 is 2.48 bits per heavy atom. The van der Waals surface area contributed by atoms with E-state index >= 15 is 0 Å². The molecular formula is C16H12F2O3. The fourth-order valence-corrected chi connectivity index (χ4v) is 2.15. The third kappa shape index (κ3) is 2.86. The molecule has 0 unspecified atom stereocenters. The van der Waals surface area contributed by atoms with Crippen molar-refractivity contribution in [1.29, 1.82) is 0 Å². The highest BCUT2D eigenvalue weighted by atomic mass is 19.2. The van der Waals surface area contributed by atoms with Gasteiger partial charge in [0.15, 0.2) is 28.9 Å². The third-order valence-electron chi connectivity index (χ3n) is 3.21. The molecule has 0 bridgehead atoms. The SMILES string of the molecule is O=C(Cc1ccc(F)c(F)c1)c1ccc2c(c1)OCCO2. The molecule has 1 aliphatic rings. The number of ketones is 1. The summed E-state index contributed by atoms with van der Waals surface area (Å²) in [6, 6.07) is 8.36. The lowest BCUT2D eigenvalue weighted by atomic mass is 10.0. The molecule has 2 aromatic carbocycles. The molecule has 0 radical (unpaired) electrons. The van der Waals surface area contributed by atoms with Gasteiger partial charge in [0.2, 0.25) is 0 Å². The van der Waals surface area contributed by atoms with Crippen LogP contribution >= 0.6 is 0 Å². The lowest BCUT2D eigenvalue weighted by Gasteiger charge is -2.18. The van der Waals surface area contributed by atoms with Crippen LogP contribution in [0.2, 0.25) is 0 Å². The number of carbonyl (C=O) groups excluding carboxylic acids is 1. The highest BCUT2D eigenvalue weighted by molar-refractivity contribution is 5.98. The minimum atomic E-state index is -0.956. The molecule has 0 saturated carbocycles. The van der Waals surface area contributed by atoms with E-state index in [1.54, 1.807) is 18.2 Å². The minimum Gasteiger partial charge on any atom is -0.486 e. The average Bonchev–Trinajstić information content (AvgIpc) is 2.50. The van der Waals surface area contributed by atoms with Gasteiger partial charge in [0.25, 0.3) is 0 Å². The van der Waals surface area contributed by atoms with Crippen molar-refractivity contribution in [2.75, 3.05) is 13.2 Å². The minimum absolute atomic E-state index is 0.00313. The predicted octanol–water partition coefficient (Wildman–Crippen LogP) is 3.16. The molecule has 0 amide bonds. The highest BCUT2D eigenvalue weighted by Crippen LogP contribution is 2.31. The van der Waals surface area contributed by atoms with E-state index in [9.17, 15) is 13.6 Å². The number of benzene rings is 2. The quantitative estimate of drug-likeness (QED) is 0.815. The molecule has 3 nitrogen and oxygen atoms in total. The number of hydrogen-bond donors (Lipinski definition) is 0. The fraction of sp³-hybridized carbons (Fsp3) is 0.188. The normalized spacial score (nSPS) is 13.0. The summed E-state index contributed by atoms with van der Waals surface area (Å²) >= 11 is 0. The summed E-state index contributed by atoms with van der Waals surface area (Å²) in [5.41, 5.74) is 0.873. The van der Waals surface area contributed by atoms with Crippen LogP contribution < -0.4 is 9.47 Å². The number of hydrogen-bond acceptors (Lipinski definition) is 3. The summed E-state index contributed by atoms with van der Waals surface area (Å²) in [7, 11) is 0. The number of ether oxygens (including phenoxy) is 2. The molecule has 2 aromatic rings. The van der Waals surface area contributed by atoms with Crippen LogP contribution in [0.3, 0.4) is 0 Å². The number of halogens is 2. The van der Waals surface area contributed by atoms with E-state index in [2.05, 4.69) is 0 Å². The molecule has 5 heteroatoms. The monoisotopic (exact) mass is 290 g/mol. The molecule has 0 aliphatic carbocycles. The van der Waals surface area contributed by atoms with E-state index in [1.807, 2.05) is 0 Å². The molecule has 1 aliphatic heterocycles. The van der Waals surface area contributed by atoms with Gasteiger partial charge in [0, 0.05) is 12.0 Å². The smallest absolute Gasteiger partial charge is 0.167 e. The molecule has 1 heterocycles. The number of fused-ring (bicyclic) bond motifs is 1. The molecular weight excluding hydrogens is 278 g/mol. The lowest BCUT2D eigenvalue weighted by molar-refractivity contribution is 0.0991. The maximum atomic E-state index is 13.1. The summed E-state index contributed by atoms with van der Waals surface area (Å²) in [4.78, 5) is 12.2. The summed E-state index contributed by atoms with van der Waals surface area (Å²) in [6.45, 7) is 0.920. The van der Waals surface area contributed by atoms with Gasteiger partial charge in [-0.15, -0.1) is 0 Å². The van der Waals surface area contributed by atoms with Crippen LogP contribution in [0.25, 0.3) is 0 Å². The van der Waals surface area contributed by atoms with E-state index in [0.717, 1.165) is 12.1 Å². The number of carbonyl (C=O) groups is 1. The van der Waals surface area contributed by atoms with Gasteiger partial charge in [-0.25, -0.2) is 8.78 Å². The van der Waals surface area contributed by atoms with Gasteiger partial charge in [0.05, 0.1) is 0 Å². The molecule has 3 rings (SSSR count). The van der Waals surface area contributed by atoms with Gasteiger partial charge in [0.1, 0.15) is 13.2 Å². The maximum Gasteiger partial charge on any atom is 0.167 e. The first-order valence-corrected chi connectivity index (χ1v) is 6.50. The van der Waals surface area contributed by atoms with Gasteiger partial charge in [-0.3, -0.25) is 4.79 Å². The van der Waals surface area contributed by atoms with Gasteiger partial charge in [-0.2, -0.15) is 0 Å². The second kappa shape index (κ2) is 5.52. The Kier molecular flexibility index (Phi) is 3.56. The molecule has 0 atom stereocenters. The Bertz CT molecular complexity index is 698. The molecule has 108 valence electrons. The van der Waals surface area contributed by atoms with Crippen LogP contribution in [-0.2, 0) is 6.42 Å². The van der Waals surface area contributed by atoms with Crippen molar-refractivity contribution in [2.45, 2.75) is 6.42 Å². The van der Waals surface area contributed by atoms with Crippen molar-refractivity contribution in [3.05, 3.63) is 59.2 Å². The Balaban J connectivity index is 1.80. The van der Waals surface area contributed by atoms with Crippen molar-refractivity contribution < 1.29 is 23.0 Å². The van der Waals surface area contributed by atoms with E-state index in [4.69, 9.17) is 9.47 Å². The van der Waals surface area contributed by atoms with E-state index < -0.39 is 11.6 Å². The van der Waals surface area contributed by atoms with Crippen LogP contribution in [0.5, 0.6) is 11.5 Å². The third-order valence-corrected chi connectivity index (χ3v) is 3.21. The molecule has 0 fully saturated rings. The molecule has 0 aromatic heterocycles. The first-order chi connectivity index (χ1) is 10.1. The average molecular weight is 290 g/mol. The van der Waals surface area contributed by atoms with Crippen LogP contribution in [0, 0.1) is 11.6 Å². The zero-order valence-corrected chi connectivity index (χ0v) is 11.1. The second-order valence-corrected chi connectivity index (χ2v) is 4.71. The van der Waals surface area contributed by atoms with Crippen molar-refractivity contribution in [1.82, 2.24) is 0 Å². The maximum absolute atomic E-state index is 13.1. The largest absolute Gasteiger partial charge is 0.486 e. The topological polar surface area (TPSA) is 35.5 Å². The predicted molar refractivity (Wildman–Crippen MR) is 71.8 cm³/mol. The van der Waals surface area contributed by atoms with Crippen LogP contribution in [-0.4, -0.2) is 19.0 Å². The van der Waals surface area contributed by atoms with E-state index in [0.29, 0.717) is 35.8 Å². The highest BCUT2D eigenvalue weighted by Gasteiger charge is 2.15. The van der Waals surface area contributed by atoms with Crippen molar-refractivity contribution in [2.24, 2.45) is 0 Å². The van der Waals surface area contributed by atoms with Crippen molar-refractivity contribution in [3.63, 3.8) is 0 Å². The zero-order chi connectivity index (χ0) is 14.8. The Hall–Kier alpha value is -2.43. The Morgan fingerprint density at radius 2 is 1.71 bits per heavy atom. The molecule has 0 saturated heterocycles. The standard InChI is InChI=1S/C16H12F2O3/c17-12-3-1-10(7-13(12)18)8-14(19)11-2-4-15-16(9-11)21-6-5-20-15/h1-4,7,9H,5-6,8H2. The number of rotatable bonds is 3. The second-order valence-electron chi connectivity index (χ2n) is 4.71. The number of Topliss-reactive ketones (excluding diaryl/α,β-unsaturated/α-hetero) is 1. The summed E-state index contributed by atoms with van der Waals surface area (Å²) in [5, 5.41) is 0. The van der Waals surface area contributed by atoms with Crippen molar-refractivity contribution in [3.8, 4) is 11.5 Å². The van der Waals surface area contributed by atoms with Crippen LogP contribution in [0.4, 0.5) is 8.78 Å². The molecule has 0 spiro atoms. The van der Waals surface area contributed by atoms with Gasteiger partial charge in [-0.1, -0.05) is 6.07 Å².